The van der Waals surface area contributed by atoms with Crippen molar-refractivity contribution in [2.75, 3.05) is 6.61 Å². The highest BCUT2D eigenvalue weighted by molar-refractivity contribution is 5.70. The minimum Gasteiger partial charge on any atom is -0.462 e. The zero-order valence-corrected chi connectivity index (χ0v) is 25.7. The molecule has 1 heterocycles. The molecule has 0 unspecified atom stereocenters. The third-order valence-electron chi connectivity index (χ3n) is 7.73. The van der Waals surface area contributed by atoms with Gasteiger partial charge in [-0.05, 0) is 39.0 Å². The second kappa shape index (κ2) is 24.3. The Balaban J connectivity index is 1.91. The predicted molar refractivity (Wildman–Crippen MR) is 161 cm³/mol. The van der Waals surface area contributed by atoms with Crippen LogP contribution in [0.15, 0.2) is 10.2 Å². The molecule has 0 N–H and O–H groups in total. The number of carbonyl (C=O) groups is 2. The Morgan fingerprint density at radius 3 is 1.49 bits per heavy atom. The van der Waals surface area contributed by atoms with Crippen LogP contribution in [0.5, 0.6) is 0 Å². The molecule has 1 aliphatic heterocycles. The highest BCUT2D eigenvalue weighted by atomic mass is 16.6. The quantitative estimate of drug-likeness (QED) is 0.0686. The van der Waals surface area contributed by atoms with Crippen LogP contribution in [0.3, 0.4) is 0 Å². The Hall–Kier alpha value is -1.46. The van der Waals surface area contributed by atoms with E-state index in [0.29, 0.717) is 19.3 Å². The fraction of sp³-hybridized carbons (Fsp3) is 0.909. The molecule has 1 aliphatic rings. The van der Waals surface area contributed by atoms with Crippen LogP contribution in [0.1, 0.15) is 174 Å². The first-order valence-corrected chi connectivity index (χ1v) is 16.6. The van der Waals surface area contributed by atoms with Gasteiger partial charge in [-0.15, -0.1) is 0 Å². The van der Waals surface area contributed by atoms with E-state index in [9.17, 15) is 9.59 Å². The lowest BCUT2D eigenvalue weighted by molar-refractivity contribution is -0.156. The van der Waals surface area contributed by atoms with Crippen LogP contribution in [0.4, 0.5) is 0 Å². The fourth-order valence-electron chi connectivity index (χ4n) is 5.10. The van der Waals surface area contributed by atoms with Crippen LogP contribution in [0.25, 0.3) is 0 Å². The van der Waals surface area contributed by atoms with Crippen molar-refractivity contribution in [3.8, 4) is 0 Å². The van der Waals surface area contributed by atoms with Crippen LogP contribution >= 0.6 is 0 Å². The third-order valence-corrected chi connectivity index (χ3v) is 7.73. The predicted octanol–water partition coefficient (Wildman–Crippen LogP) is 10.2. The molecule has 0 aromatic carbocycles. The van der Waals surface area contributed by atoms with E-state index in [-0.39, 0.29) is 24.2 Å². The Kier molecular flexibility index (Phi) is 22.2. The SMILES string of the molecule is [CH2][C@H](COC(=O)CCCCCCCCCCCCCCC)OC(=O)CCCC1(CCCCCCCCC)N=N1. The average molecular weight is 550 g/mol. The topological polar surface area (TPSA) is 77.3 Å². The minimum atomic E-state index is -0.662. The Bertz CT molecular complexity index is 631. The van der Waals surface area contributed by atoms with Crippen LogP contribution in [-0.4, -0.2) is 30.3 Å². The van der Waals surface area contributed by atoms with E-state index in [0.717, 1.165) is 32.1 Å². The number of hydrogen-bond donors (Lipinski definition) is 0. The summed E-state index contributed by atoms with van der Waals surface area (Å²) in [5.74, 6) is -0.527. The molecule has 1 rings (SSSR count). The second-order valence-electron chi connectivity index (χ2n) is 11.7. The minimum absolute atomic E-state index is 0.0237. The summed E-state index contributed by atoms with van der Waals surface area (Å²) in [4.78, 5) is 24.1. The summed E-state index contributed by atoms with van der Waals surface area (Å²) >= 11 is 0. The number of nitrogens with zero attached hydrogens (tertiary/aromatic N) is 2. The summed E-state index contributed by atoms with van der Waals surface area (Å²) in [5, 5.41) is 8.51. The molecule has 0 bridgehead atoms. The van der Waals surface area contributed by atoms with Gasteiger partial charge in [0.15, 0.2) is 5.66 Å². The van der Waals surface area contributed by atoms with Crippen molar-refractivity contribution >= 4 is 11.9 Å². The first-order valence-electron chi connectivity index (χ1n) is 16.6. The lowest BCUT2D eigenvalue weighted by Crippen LogP contribution is -2.23. The molecule has 39 heavy (non-hydrogen) atoms. The molecule has 1 atom stereocenters. The Morgan fingerprint density at radius 1 is 0.590 bits per heavy atom. The summed E-state index contributed by atoms with van der Waals surface area (Å²) in [5.41, 5.74) is -0.239. The molecule has 0 saturated carbocycles. The first kappa shape index (κ1) is 35.6. The molecule has 227 valence electrons. The molecule has 6 nitrogen and oxygen atoms in total. The van der Waals surface area contributed by atoms with E-state index in [1.54, 1.807) is 0 Å². The lowest BCUT2D eigenvalue weighted by Gasteiger charge is -2.14. The highest BCUT2D eigenvalue weighted by Gasteiger charge is 2.38. The summed E-state index contributed by atoms with van der Waals surface area (Å²) in [7, 11) is 0. The third kappa shape index (κ3) is 22.0. The summed E-state index contributed by atoms with van der Waals surface area (Å²) in [6.07, 6.45) is 28.1. The van der Waals surface area contributed by atoms with Gasteiger partial charge in [0.1, 0.15) is 12.7 Å². The van der Waals surface area contributed by atoms with Crippen LogP contribution in [0, 0.1) is 6.92 Å². The van der Waals surface area contributed by atoms with Gasteiger partial charge in [-0.3, -0.25) is 9.59 Å². The van der Waals surface area contributed by atoms with E-state index >= 15 is 0 Å². The van der Waals surface area contributed by atoms with E-state index < -0.39 is 6.10 Å². The monoisotopic (exact) mass is 549 g/mol. The fourth-order valence-corrected chi connectivity index (χ4v) is 5.10. The van der Waals surface area contributed by atoms with E-state index in [1.807, 2.05) is 0 Å². The molecule has 0 amide bonds. The molecular weight excluding hydrogens is 488 g/mol. The number of unbranched alkanes of at least 4 members (excludes halogenated alkanes) is 18. The van der Waals surface area contributed by atoms with E-state index in [2.05, 4.69) is 31.0 Å². The van der Waals surface area contributed by atoms with Crippen LogP contribution < -0.4 is 0 Å². The number of ether oxygens (including phenoxy) is 2. The highest BCUT2D eigenvalue weighted by Crippen LogP contribution is 2.38. The molecule has 0 fully saturated rings. The Morgan fingerprint density at radius 2 is 1.00 bits per heavy atom. The van der Waals surface area contributed by atoms with Crippen molar-refractivity contribution in [3.05, 3.63) is 6.92 Å². The normalized spacial score (nSPS) is 14.3. The van der Waals surface area contributed by atoms with Crippen LogP contribution in [0.2, 0.25) is 0 Å². The van der Waals surface area contributed by atoms with Gasteiger partial charge in [0.25, 0.3) is 0 Å². The molecule has 0 aliphatic carbocycles. The zero-order valence-electron chi connectivity index (χ0n) is 25.7. The van der Waals surface area contributed by atoms with Crippen molar-refractivity contribution < 1.29 is 19.1 Å². The number of esters is 2. The van der Waals surface area contributed by atoms with Gasteiger partial charge in [-0.25, -0.2) is 0 Å². The van der Waals surface area contributed by atoms with Crippen molar-refractivity contribution in [1.82, 2.24) is 0 Å². The van der Waals surface area contributed by atoms with Gasteiger partial charge in [-0.2, -0.15) is 10.2 Å². The summed E-state index contributed by atoms with van der Waals surface area (Å²) in [6, 6.07) is 0. The van der Waals surface area contributed by atoms with Gasteiger partial charge in [0.2, 0.25) is 0 Å². The number of hydrogen-bond acceptors (Lipinski definition) is 6. The maximum atomic E-state index is 12.1. The Labute approximate surface area is 240 Å². The van der Waals surface area contributed by atoms with Crippen molar-refractivity contribution in [1.29, 1.82) is 0 Å². The maximum absolute atomic E-state index is 12.1. The molecule has 6 heteroatoms. The first-order chi connectivity index (χ1) is 19.0. The van der Waals surface area contributed by atoms with Gasteiger partial charge in [-0.1, -0.05) is 129 Å². The van der Waals surface area contributed by atoms with E-state index in [4.69, 9.17) is 9.47 Å². The summed E-state index contributed by atoms with van der Waals surface area (Å²) in [6.45, 7) is 8.33. The average Bonchev–Trinajstić information content (AvgIpc) is 3.69. The van der Waals surface area contributed by atoms with Crippen molar-refractivity contribution in [3.63, 3.8) is 0 Å². The van der Waals surface area contributed by atoms with Gasteiger partial charge in [0, 0.05) is 12.8 Å². The molecule has 0 saturated heterocycles. The molecule has 0 aromatic rings. The summed E-state index contributed by atoms with van der Waals surface area (Å²) < 4.78 is 10.6. The number of carbonyl (C=O) groups excluding carboxylic acids is 2. The van der Waals surface area contributed by atoms with Gasteiger partial charge in [0.05, 0.1) is 0 Å². The molecule has 0 aromatic heterocycles. The lowest BCUT2D eigenvalue weighted by atomic mass is 9.98. The van der Waals surface area contributed by atoms with Crippen molar-refractivity contribution in [2.45, 2.75) is 186 Å². The maximum Gasteiger partial charge on any atom is 0.306 e. The van der Waals surface area contributed by atoms with Crippen molar-refractivity contribution in [2.24, 2.45) is 10.2 Å². The molecule has 0 spiro atoms. The number of rotatable bonds is 29. The largest absolute Gasteiger partial charge is 0.462 e. The smallest absolute Gasteiger partial charge is 0.306 e. The standard InChI is InChI=1S/C33H61N2O4/c1-4-6-8-10-12-13-14-15-16-17-18-20-22-25-31(36)38-29-30(3)39-32(37)26-24-28-33(34-35-33)27-23-21-19-11-9-7-5-2/h30H,3-29H2,1-2H3/t30-/m1/s1. The molecular formula is C33H61N2O4. The van der Waals surface area contributed by atoms with Crippen LogP contribution in [-0.2, 0) is 19.1 Å². The molecule has 1 radical (unpaired) electrons. The zero-order chi connectivity index (χ0) is 28.4. The van der Waals surface area contributed by atoms with Gasteiger partial charge >= 0.3 is 11.9 Å². The van der Waals surface area contributed by atoms with Gasteiger partial charge < -0.3 is 9.47 Å². The second-order valence-corrected chi connectivity index (χ2v) is 11.7. The van der Waals surface area contributed by atoms with E-state index in [1.165, 1.54) is 109 Å².